The SMILES string of the molecule is CCCCC1=C(O)C(=O)C2=C(OC(N)=C(C#N)C2c2ccc([N+](=O)[O-])cc2)C1=O. The maximum Gasteiger partial charge on any atom is 0.269 e. The number of hydrogen-bond acceptors (Lipinski definition) is 8. The molecule has 1 aromatic rings. The summed E-state index contributed by atoms with van der Waals surface area (Å²) in [7, 11) is 0. The molecule has 29 heavy (non-hydrogen) atoms. The fraction of sp³-hybridized carbons (Fsp3) is 0.250. The number of carbonyl (C=O) groups is 2. The predicted octanol–water partition coefficient (Wildman–Crippen LogP) is 2.81. The number of ketones is 2. The van der Waals surface area contributed by atoms with Gasteiger partial charge >= 0.3 is 0 Å². The first-order chi connectivity index (χ1) is 13.8. The molecule has 1 atom stereocenters. The van der Waals surface area contributed by atoms with E-state index in [1.807, 2.05) is 13.0 Å². The van der Waals surface area contributed by atoms with Crippen molar-refractivity contribution in [2.24, 2.45) is 5.73 Å². The second kappa shape index (κ2) is 7.59. The van der Waals surface area contributed by atoms with E-state index in [1.54, 1.807) is 0 Å². The Labute approximate surface area is 165 Å². The zero-order chi connectivity index (χ0) is 21.3. The van der Waals surface area contributed by atoms with E-state index in [0.717, 1.165) is 6.42 Å². The number of non-ortho nitro benzene ring substituents is 1. The zero-order valence-electron chi connectivity index (χ0n) is 15.5. The van der Waals surface area contributed by atoms with Crippen LogP contribution in [-0.4, -0.2) is 21.6 Å². The van der Waals surface area contributed by atoms with E-state index in [-0.39, 0.29) is 40.5 Å². The highest BCUT2D eigenvalue weighted by Crippen LogP contribution is 2.44. The molecule has 1 heterocycles. The van der Waals surface area contributed by atoms with Crippen LogP contribution in [0.5, 0.6) is 0 Å². The summed E-state index contributed by atoms with van der Waals surface area (Å²) >= 11 is 0. The molecule has 2 aliphatic rings. The third-order valence-corrected chi connectivity index (χ3v) is 4.86. The Morgan fingerprint density at radius 3 is 2.48 bits per heavy atom. The smallest absolute Gasteiger partial charge is 0.269 e. The van der Waals surface area contributed by atoms with Crippen LogP contribution in [0.3, 0.4) is 0 Å². The lowest BCUT2D eigenvalue weighted by molar-refractivity contribution is -0.384. The molecule has 0 spiro atoms. The zero-order valence-corrected chi connectivity index (χ0v) is 15.5. The third-order valence-electron chi connectivity index (χ3n) is 4.86. The summed E-state index contributed by atoms with van der Waals surface area (Å²) in [6, 6.07) is 7.04. The van der Waals surface area contributed by atoms with E-state index >= 15 is 0 Å². The minimum atomic E-state index is -1.09. The van der Waals surface area contributed by atoms with Crippen LogP contribution in [0.15, 0.2) is 58.4 Å². The highest BCUT2D eigenvalue weighted by molar-refractivity contribution is 6.24. The van der Waals surface area contributed by atoms with Gasteiger partial charge in [0, 0.05) is 17.7 Å². The number of nitrogens with two attached hydrogens (primary N) is 1. The molecule has 0 bridgehead atoms. The van der Waals surface area contributed by atoms with Crippen LogP contribution in [0.1, 0.15) is 37.7 Å². The highest BCUT2D eigenvalue weighted by atomic mass is 16.6. The van der Waals surface area contributed by atoms with Crippen molar-refractivity contribution in [3.05, 3.63) is 74.1 Å². The summed E-state index contributed by atoms with van der Waals surface area (Å²) < 4.78 is 5.34. The minimum Gasteiger partial charge on any atom is -0.504 e. The average molecular weight is 395 g/mol. The van der Waals surface area contributed by atoms with Gasteiger partial charge in [0.1, 0.15) is 11.6 Å². The van der Waals surface area contributed by atoms with E-state index in [1.165, 1.54) is 24.3 Å². The summed E-state index contributed by atoms with van der Waals surface area (Å²) in [6.45, 7) is 1.90. The van der Waals surface area contributed by atoms with Gasteiger partial charge in [-0.3, -0.25) is 19.7 Å². The summed E-state index contributed by atoms with van der Waals surface area (Å²) in [5, 5.41) is 30.8. The van der Waals surface area contributed by atoms with E-state index in [9.17, 15) is 30.1 Å². The van der Waals surface area contributed by atoms with Gasteiger partial charge < -0.3 is 15.6 Å². The summed E-state index contributed by atoms with van der Waals surface area (Å²) in [5.74, 6) is -3.89. The molecule has 148 valence electrons. The second-order valence-corrected chi connectivity index (χ2v) is 6.61. The Hall–Kier alpha value is -3.93. The molecule has 1 unspecified atom stereocenters. The van der Waals surface area contributed by atoms with E-state index in [0.29, 0.717) is 12.0 Å². The largest absolute Gasteiger partial charge is 0.504 e. The van der Waals surface area contributed by atoms with Crippen molar-refractivity contribution < 1.29 is 24.4 Å². The van der Waals surface area contributed by atoms with Crippen molar-refractivity contribution in [3.8, 4) is 6.07 Å². The van der Waals surface area contributed by atoms with Crippen molar-refractivity contribution >= 4 is 17.3 Å². The van der Waals surface area contributed by atoms with Crippen LogP contribution in [0.25, 0.3) is 0 Å². The molecule has 0 saturated carbocycles. The van der Waals surface area contributed by atoms with Gasteiger partial charge in [-0.1, -0.05) is 25.5 Å². The summed E-state index contributed by atoms with van der Waals surface area (Å²) in [4.78, 5) is 36.1. The molecule has 0 saturated heterocycles. The molecular weight excluding hydrogens is 378 g/mol. The number of aliphatic hydroxyl groups is 1. The van der Waals surface area contributed by atoms with Crippen LogP contribution >= 0.6 is 0 Å². The quantitative estimate of drug-likeness (QED) is 0.438. The second-order valence-electron chi connectivity index (χ2n) is 6.61. The summed E-state index contributed by atoms with van der Waals surface area (Å²) in [5.41, 5.74) is 5.62. The van der Waals surface area contributed by atoms with E-state index < -0.39 is 28.2 Å². The normalized spacial score (nSPS) is 19.1. The number of hydrogen-bond donors (Lipinski definition) is 2. The lowest BCUT2D eigenvalue weighted by Crippen LogP contribution is -2.33. The Bertz CT molecular complexity index is 1060. The Morgan fingerprint density at radius 2 is 1.93 bits per heavy atom. The number of unbranched alkanes of at least 4 members (excludes halogenated alkanes) is 1. The van der Waals surface area contributed by atoms with Crippen molar-refractivity contribution in [1.29, 1.82) is 5.26 Å². The molecule has 0 radical (unpaired) electrons. The van der Waals surface area contributed by atoms with Gasteiger partial charge in [-0.2, -0.15) is 5.26 Å². The van der Waals surface area contributed by atoms with Gasteiger partial charge in [0.2, 0.25) is 17.4 Å². The Morgan fingerprint density at radius 1 is 1.28 bits per heavy atom. The fourth-order valence-corrected chi connectivity index (χ4v) is 3.38. The first-order valence-corrected chi connectivity index (χ1v) is 8.89. The number of carbonyl (C=O) groups excluding carboxylic acids is 2. The van der Waals surface area contributed by atoms with Gasteiger partial charge in [-0.25, -0.2) is 0 Å². The highest BCUT2D eigenvalue weighted by Gasteiger charge is 2.45. The minimum absolute atomic E-state index is 0.0498. The third kappa shape index (κ3) is 3.25. The molecule has 1 aromatic carbocycles. The number of nitro groups is 1. The number of aliphatic hydroxyl groups excluding tert-OH is 1. The number of nitriles is 1. The number of nitrogens with zero attached hydrogens (tertiary/aromatic N) is 2. The van der Waals surface area contributed by atoms with Gasteiger partial charge in [0.15, 0.2) is 11.5 Å². The van der Waals surface area contributed by atoms with Gasteiger partial charge in [0.25, 0.3) is 5.69 Å². The molecular formula is C20H17N3O6. The van der Waals surface area contributed by atoms with Crippen LogP contribution < -0.4 is 5.73 Å². The van der Waals surface area contributed by atoms with Gasteiger partial charge in [-0.05, 0) is 18.4 Å². The van der Waals surface area contributed by atoms with Crippen LogP contribution in [-0.2, 0) is 14.3 Å². The van der Waals surface area contributed by atoms with Crippen molar-refractivity contribution in [3.63, 3.8) is 0 Å². The number of nitro benzene ring substituents is 1. The number of allylic oxidation sites excluding steroid dienone is 3. The molecule has 3 rings (SSSR count). The van der Waals surface area contributed by atoms with Gasteiger partial charge in [0.05, 0.1) is 16.4 Å². The Balaban J connectivity index is 2.15. The first-order valence-electron chi connectivity index (χ1n) is 8.89. The maximum atomic E-state index is 12.9. The number of ether oxygens (including phenoxy) is 1. The van der Waals surface area contributed by atoms with E-state index in [4.69, 9.17) is 10.5 Å². The lowest BCUT2D eigenvalue weighted by atomic mass is 9.76. The standard InChI is InChI=1S/C20H17N3O6/c1-2-3-4-12-16(24)18(26)15-14(10-5-7-11(8-6-10)23(27)28)13(9-21)20(22)29-19(15)17(12)25/h5-8,14,24H,2-4,22H2,1H3. The molecule has 9 heteroatoms. The van der Waals surface area contributed by atoms with E-state index in [2.05, 4.69) is 0 Å². The van der Waals surface area contributed by atoms with Crippen molar-refractivity contribution in [1.82, 2.24) is 0 Å². The monoisotopic (exact) mass is 395 g/mol. The number of rotatable bonds is 5. The van der Waals surface area contributed by atoms with Crippen LogP contribution in [0.2, 0.25) is 0 Å². The molecule has 0 amide bonds. The average Bonchev–Trinajstić information content (AvgIpc) is 2.71. The predicted molar refractivity (Wildman–Crippen MR) is 100.0 cm³/mol. The Kier molecular flexibility index (Phi) is 5.19. The van der Waals surface area contributed by atoms with Crippen LogP contribution in [0, 0.1) is 21.4 Å². The molecule has 0 fully saturated rings. The van der Waals surface area contributed by atoms with Crippen molar-refractivity contribution in [2.45, 2.75) is 32.1 Å². The molecule has 3 N–H and O–H groups in total. The van der Waals surface area contributed by atoms with Crippen LogP contribution in [0.4, 0.5) is 5.69 Å². The van der Waals surface area contributed by atoms with Gasteiger partial charge in [-0.15, -0.1) is 0 Å². The van der Waals surface area contributed by atoms with Crippen molar-refractivity contribution in [2.75, 3.05) is 0 Å². The first kappa shape index (κ1) is 19.8. The number of benzene rings is 1. The number of Topliss-reactive ketones (excluding diaryl/α,β-unsaturated/α-hetero) is 2. The maximum absolute atomic E-state index is 12.9. The lowest BCUT2D eigenvalue weighted by Gasteiger charge is -2.30. The fourth-order valence-electron chi connectivity index (χ4n) is 3.38. The molecule has 1 aliphatic heterocycles. The topological polar surface area (TPSA) is 157 Å². The summed E-state index contributed by atoms with van der Waals surface area (Å²) in [6.07, 6.45) is 1.53. The molecule has 9 nitrogen and oxygen atoms in total. The molecule has 1 aliphatic carbocycles. The molecule has 0 aromatic heterocycles.